The minimum atomic E-state index is 0.175. The average Bonchev–Trinajstić information content (AvgIpc) is 3.38. The third-order valence-electron chi connectivity index (χ3n) is 3.86. The van der Waals surface area contributed by atoms with Crippen LogP contribution in [0.3, 0.4) is 0 Å². The van der Waals surface area contributed by atoms with E-state index in [0.29, 0.717) is 29.9 Å². The summed E-state index contributed by atoms with van der Waals surface area (Å²) in [4.78, 5) is 12.9. The normalized spacial score (nSPS) is 12.6. The summed E-state index contributed by atoms with van der Waals surface area (Å²) in [6.07, 6.45) is 1.55. The lowest BCUT2D eigenvalue weighted by molar-refractivity contribution is 0.174. The molecule has 10 nitrogen and oxygen atoms in total. The molecule has 0 amide bonds. The summed E-state index contributed by atoms with van der Waals surface area (Å²) in [6.45, 7) is 0.735. The summed E-state index contributed by atoms with van der Waals surface area (Å²) in [5, 5.41) is 7.38. The first kappa shape index (κ1) is 14.5. The fourth-order valence-corrected chi connectivity index (χ4v) is 2.63. The van der Waals surface area contributed by atoms with Crippen molar-refractivity contribution in [1.82, 2.24) is 24.6 Å². The maximum atomic E-state index is 5.97. The lowest BCUT2D eigenvalue weighted by Crippen LogP contribution is -2.09. The standard InChI is InChI=1S/C16H13N7O3/c17-14-20-15(18-7-9-3-4-10-12(6-9)26-8-25-10)21-16-19-13(22-23(14)16)11-2-1-5-24-11/h1-6H,7-8H2,(H3,17,18,19,20,21,22). The predicted molar refractivity (Wildman–Crippen MR) is 90.6 cm³/mol. The SMILES string of the molecule is Nc1nc(NCc2ccc3c(c2)OCO3)nc2nc(-c3ccco3)nn12. The van der Waals surface area contributed by atoms with Gasteiger partial charge in [-0.25, -0.2) is 0 Å². The molecule has 10 heteroatoms. The van der Waals surface area contributed by atoms with Gasteiger partial charge in [0.2, 0.25) is 24.5 Å². The van der Waals surface area contributed by atoms with Gasteiger partial charge in [0.05, 0.1) is 6.26 Å². The van der Waals surface area contributed by atoms with Crippen LogP contribution in [-0.4, -0.2) is 31.4 Å². The average molecular weight is 351 g/mol. The minimum absolute atomic E-state index is 0.175. The number of anilines is 2. The smallest absolute Gasteiger partial charge is 0.259 e. The lowest BCUT2D eigenvalue weighted by atomic mass is 10.2. The molecule has 0 fully saturated rings. The molecule has 0 saturated carbocycles. The van der Waals surface area contributed by atoms with Gasteiger partial charge < -0.3 is 24.9 Å². The quantitative estimate of drug-likeness (QED) is 0.565. The van der Waals surface area contributed by atoms with E-state index < -0.39 is 0 Å². The van der Waals surface area contributed by atoms with Gasteiger partial charge in [0.25, 0.3) is 5.78 Å². The first-order valence-corrected chi connectivity index (χ1v) is 7.83. The number of rotatable bonds is 4. The van der Waals surface area contributed by atoms with Crippen LogP contribution >= 0.6 is 0 Å². The molecule has 3 N–H and O–H groups in total. The van der Waals surface area contributed by atoms with E-state index in [9.17, 15) is 0 Å². The van der Waals surface area contributed by atoms with Crippen molar-refractivity contribution in [3.63, 3.8) is 0 Å². The number of benzene rings is 1. The third kappa shape index (κ3) is 2.44. The van der Waals surface area contributed by atoms with Crippen LogP contribution in [0.15, 0.2) is 41.0 Å². The summed E-state index contributed by atoms with van der Waals surface area (Å²) in [6, 6.07) is 9.23. The number of ether oxygens (including phenoxy) is 2. The van der Waals surface area contributed by atoms with Crippen LogP contribution in [0.5, 0.6) is 11.5 Å². The maximum Gasteiger partial charge on any atom is 0.259 e. The van der Waals surface area contributed by atoms with Gasteiger partial charge in [-0.3, -0.25) is 0 Å². The van der Waals surface area contributed by atoms with Crippen LogP contribution in [0.2, 0.25) is 0 Å². The van der Waals surface area contributed by atoms with E-state index in [0.717, 1.165) is 17.1 Å². The molecule has 0 saturated heterocycles. The molecule has 3 aromatic heterocycles. The second-order valence-electron chi connectivity index (χ2n) is 5.57. The van der Waals surface area contributed by atoms with Crippen molar-refractivity contribution in [3.8, 4) is 23.1 Å². The largest absolute Gasteiger partial charge is 0.461 e. The van der Waals surface area contributed by atoms with Gasteiger partial charge in [-0.1, -0.05) is 6.07 Å². The predicted octanol–water partition coefficient (Wildman–Crippen LogP) is 1.70. The van der Waals surface area contributed by atoms with E-state index in [4.69, 9.17) is 19.6 Å². The summed E-state index contributed by atoms with van der Waals surface area (Å²) >= 11 is 0. The molecule has 1 aliphatic heterocycles. The molecule has 5 rings (SSSR count). The van der Waals surface area contributed by atoms with Gasteiger partial charge in [-0.15, -0.1) is 5.10 Å². The Bertz CT molecular complexity index is 1090. The fraction of sp³-hybridized carbons (Fsp3) is 0.125. The number of furan rings is 1. The zero-order chi connectivity index (χ0) is 17.5. The molecule has 1 aliphatic rings. The van der Waals surface area contributed by atoms with E-state index >= 15 is 0 Å². The summed E-state index contributed by atoms with van der Waals surface area (Å²) in [7, 11) is 0. The van der Waals surface area contributed by atoms with E-state index in [-0.39, 0.29) is 12.7 Å². The number of fused-ring (bicyclic) bond motifs is 2. The lowest BCUT2D eigenvalue weighted by Gasteiger charge is -2.06. The first-order valence-electron chi connectivity index (χ1n) is 7.83. The molecular formula is C16H13N7O3. The second kappa shape index (κ2) is 5.62. The Kier molecular flexibility index (Phi) is 3.14. The highest BCUT2D eigenvalue weighted by Crippen LogP contribution is 2.32. The molecule has 1 aromatic carbocycles. The van der Waals surface area contributed by atoms with E-state index in [1.807, 2.05) is 18.2 Å². The Labute approximate surface area is 146 Å². The zero-order valence-electron chi connectivity index (χ0n) is 13.4. The Morgan fingerprint density at radius 1 is 1.12 bits per heavy atom. The van der Waals surface area contributed by atoms with E-state index in [2.05, 4.69) is 25.4 Å². The van der Waals surface area contributed by atoms with Crippen molar-refractivity contribution >= 4 is 17.7 Å². The second-order valence-corrected chi connectivity index (χ2v) is 5.57. The minimum Gasteiger partial charge on any atom is -0.461 e. The van der Waals surface area contributed by atoms with Crippen molar-refractivity contribution < 1.29 is 13.9 Å². The van der Waals surface area contributed by atoms with Gasteiger partial charge in [0.15, 0.2) is 17.3 Å². The van der Waals surface area contributed by atoms with Gasteiger partial charge in [-0.05, 0) is 29.8 Å². The molecule has 4 heterocycles. The topological polar surface area (TPSA) is 126 Å². The van der Waals surface area contributed by atoms with Crippen molar-refractivity contribution in [1.29, 1.82) is 0 Å². The summed E-state index contributed by atoms with van der Waals surface area (Å²) in [5.41, 5.74) is 6.96. The molecule has 0 radical (unpaired) electrons. The van der Waals surface area contributed by atoms with Crippen molar-refractivity contribution in [2.75, 3.05) is 17.8 Å². The van der Waals surface area contributed by atoms with Crippen LogP contribution in [0.4, 0.5) is 11.9 Å². The molecule has 0 spiro atoms. The molecule has 0 bridgehead atoms. The van der Waals surface area contributed by atoms with Crippen LogP contribution in [-0.2, 0) is 6.54 Å². The van der Waals surface area contributed by atoms with Crippen LogP contribution in [0, 0.1) is 0 Å². The maximum absolute atomic E-state index is 5.97. The first-order chi connectivity index (χ1) is 12.8. The van der Waals surface area contributed by atoms with Gasteiger partial charge in [-0.2, -0.15) is 19.5 Å². The zero-order valence-corrected chi connectivity index (χ0v) is 13.4. The highest BCUT2D eigenvalue weighted by Gasteiger charge is 2.15. The molecule has 4 aromatic rings. The van der Waals surface area contributed by atoms with Gasteiger partial charge in [0.1, 0.15) is 0 Å². The molecule has 130 valence electrons. The number of nitrogens with one attached hydrogen (secondary N) is 1. The van der Waals surface area contributed by atoms with Crippen LogP contribution in [0.1, 0.15) is 5.56 Å². The molecular weight excluding hydrogens is 338 g/mol. The van der Waals surface area contributed by atoms with E-state index in [1.54, 1.807) is 18.4 Å². The number of hydrogen-bond acceptors (Lipinski definition) is 9. The van der Waals surface area contributed by atoms with Crippen molar-refractivity contribution in [2.45, 2.75) is 6.54 Å². The van der Waals surface area contributed by atoms with E-state index in [1.165, 1.54) is 4.52 Å². The summed E-state index contributed by atoms with van der Waals surface area (Å²) in [5.74, 6) is 3.25. The number of nitrogen functional groups attached to an aromatic ring is 1. The number of aromatic nitrogens is 5. The molecule has 0 unspecified atom stereocenters. The van der Waals surface area contributed by atoms with Crippen LogP contribution < -0.4 is 20.5 Å². The van der Waals surface area contributed by atoms with Crippen LogP contribution in [0.25, 0.3) is 17.4 Å². The third-order valence-corrected chi connectivity index (χ3v) is 3.86. The summed E-state index contributed by atoms with van der Waals surface area (Å²) < 4.78 is 17.3. The Morgan fingerprint density at radius 3 is 2.92 bits per heavy atom. The number of nitrogens with two attached hydrogens (primary N) is 1. The van der Waals surface area contributed by atoms with Gasteiger partial charge >= 0.3 is 0 Å². The number of nitrogens with zero attached hydrogens (tertiary/aromatic N) is 5. The highest BCUT2D eigenvalue weighted by atomic mass is 16.7. The Balaban J connectivity index is 1.40. The van der Waals surface area contributed by atoms with Crippen molar-refractivity contribution in [2.24, 2.45) is 0 Å². The molecule has 26 heavy (non-hydrogen) atoms. The monoisotopic (exact) mass is 351 g/mol. The van der Waals surface area contributed by atoms with Crippen molar-refractivity contribution in [3.05, 3.63) is 42.2 Å². The fourth-order valence-electron chi connectivity index (χ4n) is 2.63. The Morgan fingerprint density at radius 2 is 2.04 bits per heavy atom. The Hall–Kier alpha value is -3.82. The van der Waals surface area contributed by atoms with Gasteiger partial charge in [0, 0.05) is 6.54 Å². The number of hydrogen-bond donors (Lipinski definition) is 2. The highest BCUT2D eigenvalue weighted by molar-refractivity contribution is 5.53. The molecule has 0 aliphatic carbocycles. The molecule has 0 atom stereocenters.